The van der Waals surface area contributed by atoms with Gasteiger partial charge in [0.05, 0.1) is 7.11 Å². The molecule has 0 amide bonds. The van der Waals surface area contributed by atoms with E-state index < -0.39 is 0 Å². The molecular formula is C19H22O2. The summed E-state index contributed by atoms with van der Waals surface area (Å²) in [7, 11) is 3.54. The molecule has 2 unspecified atom stereocenters. The van der Waals surface area contributed by atoms with Gasteiger partial charge in [-0.1, -0.05) is 49.4 Å². The number of hydrogen-bond acceptors (Lipinski definition) is 2. The summed E-state index contributed by atoms with van der Waals surface area (Å²) in [5.74, 6) is 1.16. The van der Waals surface area contributed by atoms with Crippen LogP contribution in [0.1, 0.15) is 31.4 Å². The van der Waals surface area contributed by atoms with Gasteiger partial charge in [0.2, 0.25) is 0 Å². The van der Waals surface area contributed by atoms with E-state index in [1.54, 1.807) is 14.2 Å². The minimum absolute atomic E-state index is 0.183. The smallest absolute Gasteiger partial charge is 0.130 e. The van der Waals surface area contributed by atoms with Crippen molar-refractivity contribution in [3.05, 3.63) is 64.8 Å². The largest absolute Gasteiger partial charge is 0.496 e. The lowest BCUT2D eigenvalue weighted by molar-refractivity contribution is -0.0251. The molecule has 0 saturated heterocycles. The summed E-state index contributed by atoms with van der Waals surface area (Å²) in [5, 5.41) is 0. The second kappa shape index (κ2) is 5.19. The first-order chi connectivity index (χ1) is 10.2. The maximum atomic E-state index is 5.97. The molecule has 1 aromatic carbocycles. The predicted molar refractivity (Wildman–Crippen MR) is 85.7 cm³/mol. The molecule has 0 N–H and O–H groups in total. The molecule has 0 aromatic heterocycles. The third-order valence-electron chi connectivity index (χ3n) is 4.78. The molecule has 2 aliphatic rings. The van der Waals surface area contributed by atoms with Crippen molar-refractivity contribution in [2.45, 2.75) is 25.9 Å². The predicted octanol–water partition coefficient (Wildman–Crippen LogP) is 4.44. The summed E-state index contributed by atoms with van der Waals surface area (Å²) < 4.78 is 11.7. The molecule has 110 valence electrons. The molecule has 21 heavy (non-hydrogen) atoms. The molecular weight excluding hydrogens is 260 g/mol. The van der Waals surface area contributed by atoms with Crippen LogP contribution in [0.4, 0.5) is 0 Å². The van der Waals surface area contributed by atoms with Crippen LogP contribution in [0, 0.1) is 5.92 Å². The van der Waals surface area contributed by atoms with Crippen LogP contribution in [-0.2, 0) is 15.1 Å². The van der Waals surface area contributed by atoms with Crippen LogP contribution in [-0.4, -0.2) is 14.2 Å². The number of allylic oxidation sites excluding steroid dienone is 3. The van der Waals surface area contributed by atoms with Crippen LogP contribution in [0.5, 0.6) is 0 Å². The van der Waals surface area contributed by atoms with Gasteiger partial charge in [-0.3, -0.25) is 0 Å². The Bertz CT molecular complexity index is 651. The number of rotatable bonds is 3. The first kappa shape index (κ1) is 14.2. The molecule has 0 bridgehead atoms. The van der Waals surface area contributed by atoms with Crippen LogP contribution in [0.2, 0.25) is 0 Å². The molecule has 0 heterocycles. The van der Waals surface area contributed by atoms with Crippen LogP contribution in [0.25, 0.3) is 5.76 Å². The molecule has 2 heteroatoms. The van der Waals surface area contributed by atoms with Crippen molar-refractivity contribution in [1.82, 2.24) is 0 Å². The Hall–Kier alpha value is -1.80. The molecule has 2 atom stereocenters. The zero-order valence-corrected chi connectivity index (χ0v) is 13.1. The SMILES string of the molecule is CCC1=CC2=C(OC)c3ccccc3C(C)(OC)C2C=C1. The van der Waals surface area contributed by atoms with Gasteiger partial charge in [-0.15, -0.1) is 0 Å². The minimum atomic E-state index is -0.361. The van der Waals surface area contributed by atoms with Gasteiger partial charge < -0.3 is 9.47 Å². The minimum Gasteiger partial charge on any atom is -0.496 e. The fourth-order valence-electron chi connectivity index (χ4n) is 3.47. The quantitative estimate of drug-likeness (QED) is 0.816. The van der Waals surface area contributed by atoms with Gasteiger partial charge >= 0.3 is 0 Å². The summed E-state index contributed by atoms with van der Waals surface area (Å²) in [6.45, 7) is 4.34. The number of fused-ring (bicyclic) bond motifs is 2. The molecule has 3 rings (SSSR count). The van der Waals surface area contributed by atoms with Crippen LogP contribution < -0.4 is 0 Å². The van der Waals surface area contributed by atoms with E-state index in [1.807, 2.05) is 0 Å². The van der Waals surface area contributed by atoms with Gasteiger partial charge in [-0.05, 0) is 24.5 Å². The molecule has 0 saturated carbocycles. The third kappa shape index (κ3) is 1.97. The van der Waals surface area contributed by atoms with Crippen LogP contribution in [0.3, 0.4) is 0 Å². The lowest BCUT2D eigenvalue weighted by Gasteiger charge is -2.43. The van der Waals surface area contributed by atoms with Gasteiger partial charge in [0.15, 0.2) is 0 Å². The Morgan fingerprint density at radius 1 is 1.19 bits per heavy atom. The van der Waals surface area contributed by atoms with E-state index in [1.165, 1.54) is 16.7 Å². The fourth-order valence-corrected chi connectivity index (χ4v) is 3.47. The Morgan fingerprint density at radius 3 is 2.62 bits per heavy atom. The number of benzene rings is 1. The van der Waals surface area contributed by atoms with E-state index in [0.717, 1.165) is 17.7 Å². The zero-order valence-electron chi connectivity index (χ0n) is 13.1. The fraction of sp³-hybridized carbons (Fsp3) is 0.368. The first-order valence-electron chi connectivity index (χ1n) is 7.47. The lowest BCUT2D eigenvalue weighted by atomic mass is 9.69. The van der Waals surface area contributed by atoms with E-state index in [4.69, 9.17) is 9.47 Å². The molecule has 2 nitrogen and oxygen atoms in total. The summed E-state index contributed by atoms with van der Waals surface area (Å²) in [6, 6.07) is 8.38. The second-order valence-corrected chi connectivity index (χ2v) is 5.75. The van der Waals surface area contributed by atoms with E-state index >= 15 is 0 Å². The van der Waals surface area contributed by atoms with Crippen molar-refractivity contribution in [2.24, 2.45) is 5.92 Å². The topological polar surface area (TPSA) is 18.5 Å². The molecule has 0 fully saturated rings. The standard InChI is InChI=1S/C19H22O2/c1-5-13-10-11-17-15(12-13)18(20-3)14-8-6-7-9-16(14)19(17,2)21-4/h6-12,17H,5H2,1-4H3. The van der Waals surface area contributed by atoms with Gasteiger partial charge in [-0.25, -0.2) is 0 Å². The molecule has 1 aromatic rings. The van der Waals surface area contributed by atoms with E-state index in [0.29, 0.717) is 0 Å². The highest BCUT2D eigenvalue weighted by molar-refractivity contribution is 5.74. The normalized spacial score (nSPS) is 27.0. The monoisotopic (exact) mass is 282 g/mol. The zero-order chi connectivity index (χ0) is 15.0. The summed E-state index contributed by atoms with van der Waals surface area (Å²) in [6.07, 6.45) is 7.76. The highest BCUT2D eigenvalue weighted by atomic mass is 16.5. The van der Waals surface area contributed by atoms with Crippen LogP contribution in [0.15, 0.2) is 53.6 Å². The lowest BCUT2D eigenvalue weighted by Crippen LogP contribution is -2.39. The molecule has 0 aliphatic heterocycles. The number of ether oxygens (including phenoxy) is 2. The van der Waals surface area contributed by atoms with Crippen molar-refractivity contribution >= 4 is 5.76 Å². The van der Waals surface area contributed by atoms with Crippen LogP contribution >= 0.6 is 0 Å². The highest BCUT2D eigenvalue weighted by Crippen LogP contribution is 2.50. The maximum absolute atomic E-state index is 5.97. The van der Waals surface area contributed by atoms with Crippen molar-refractivity contribution < 1.29 is 9.47 Å². The van der Waals surface area contributed by atoms with Crippen molar-refractivity contribution in [3.63, 3.8) is 0 Å². The summed E-state index contributed by atoms with van der Waals surface area (Å²) in [5.41, 5.74) is 4.52. The van der Waals surface area contributed by atoms with E-state index in [9.17, 15) is 0 Å². The third-order valence-corrected chi connectivity index (χ3v) is 4.78. The molecule has 2 aliphatic carbocycles. The summed E-state index contributed by atoms with van der Waals surface area (Å²) in [4.78, 5) is 0. The average Bonchev–Trinajstić information content (AvgIpc) is 2.55. The van der Waals surface area contributed by atoms with E-state index in [2.05, 4.69) is 56.3 Å². The van der Waals surface area contributed by atoms with Gasteiger partial charge in [0, 0.05) is 24.2 Å². The maximum Gasteiger partial charge on any atom is 0.130 e. The number of hydrogen-bond donors (Lipinski definition) is 0. The Balaban J connectivity index is 2.30. The Labute approximate surface area is 126 Å². The highest BCUT2D eigenvalue weighted by Gasteiger charge is 2.44. The second-order valence-electron chi connectivity index (χ2n) is 5.75. The van der Waals surface area contributed by atoms with Crippen molar-refractivity contribution in [2.75, 3.05) is 14.2 Å². The van der Waals surface area contributed by atoms with Gasteiger partial charge in [0.1, 0.15) is 11.4 Å². The first-order valence-corrected chi connectivity index (χ1v) is 7.47. The Kier molecular flexibility index (Phi) is 3.50. The van der Waals surface area contributed by atoms with Crippen molar-refractivity contribution in [3.8, 4) is 0 Å². The molecule has 0 spiro atoms. The summed E-state index contributed by atoms with van der Waals surface area (Å²) >= 11 is 0. The van der Waals surface area contributed by atoms with E-state index in [-0.39, 0.29) is 11.5 Å². The number of methoxy groups -OCH3 is 2. The van der Waals surface area contributed by atoms with Crippen molar-refractivity contribution in [1.29, 1.82) is 0 Å². The molecule has 0 radical (unpaired) electrons. The van der Waals surface area contributed by atoms with Gasteiger partial charge in [-0.2, -0.15) is 0 Å². The average molecular weight is 282 g/mol. The van der Waals surface area contributed by atoms with Gasteiger partial charge in [0.25, 0.3) is 0 Å². The Morgan fingerprint density at radius 2 is 1.95 bits per heavy atom.